The standard InChI is InChI=1S/C18H30O/c1-4-6-7-8-9-10-18(19)17-13-11-16(12-14-17)15(3)5-2/h11-15,18-19H,4-10H2,1-3H3. The first-order valence-corrected chi connectivity index (χ1v) is 7.96. The molecule has 1 N–H and O–H groups in total. The third-order valence-electron chi connectivity index (χ3n) is 4.08. The molecule has 0 radical (unpaired) electrons. The zero-order chi connectivity index (χ0) is 14.1. The molecule has 1 heteroatoms. The van der Waals surface area contributed by atoms with Gasteiger partial charge in [-0.3, -0.25) is 0 Å². The summed E-state index contributed by atoms with van der Waals surface area (Å²) in [6.45, 7) is 6.69. The molecule has 0 saturated carbocycles. The highest BCUT2D eigenvalue weighted by atomic mass is 16.3. The zero-order valence-electron chi connectivity index (χ0n) is 12.9. The lowest BCUT2D eigenvalue weighted by molar-refractivity contribution is 0.163. The van der Waals surface area contributed by atoms with Gasteiger partial charge in [-0.25, -0.2) is 0 Å². The van der Waals surface area contributed by atoms with Crippen molar-refractivity contribution in [3.63, 3.8) is 0 Å². The van der Waals surface area contributed by atoms with Gasteiger partial charge in [-0.1, -0.05) is 77.1 Å². The Labute approximate surface area is 119 Å². The van der Waals surface area contributed by atoms with Crippen LogP contribution in [0, 0.1) is 0 Å². The fraction of sp³-hybridized carbons (Fsp3) is 0.667. The summed E-state index contributed by atoms with van der Waals surface area (Å²) in [5.41, 5.74) is 2.45. The van der Waals surface area contributed by atoms with Crippen molar-refractivity contribution in [2.24, 2.45) is 0 Å². The van der Waals surface area contributed by atoms with Crippen LogP contribution in [0.3, 0.4) is 0 Å². The molecule has 2 unspecified atom stereocenters. The van der Waals surface area contributed by atoms with Crippen LogP contribution in [0.1, 0.15) is 88.9 Å². The Hall–Kier alpha value is -0.820. The number of aliphatic hydroxyl groups is 1. The molecule has 0 heterocycles. The summed E-state index contributed by atoms with van der Waals surface area (Å²) in [7, 11) is 0. The highest BCUT2D eigenvalue weighted by molar-refractivity contribution is 5.26. The second-order valence-electron chi connectivity index (χ2n) is 5.69. The molecule has 0 fully saturated rings. The van der Waals surface area contributed by atoms with Crippen LogP contribution in [-0.2, 0) is 0 Å². The predicted molar refractivity (Wildman–Crippen MR) is 83.5 cm³/mol. The number of hydrogen-bond donors (Lipinski definition) is 1. The predicted octanol–water partition coefficient (Wildman–Crippen LogP) is 5.59. The average Bonchev–Trinajstić information content (AvgIpc) is 2.46. The van der Waals surface area contributed by atoms with E-state index in [0.717, 1.165) is 18.4 Å². The Balaban J connectivity index is 2.38. The summed E-state index contributed by atoms with van der Waals surface area (Å²) in [6.07, 6.45) is 8.05. The fourth-order valence-corrected chi connectivity index (χ4v) is 2.39. The SMILES string of the molecule is CCCCCCCC(O)c1ccc(C(C)CC)cc1. The van der Waals surface area contributed by atoms with E-state index in [2.05, 4.69) is 45.0 Å². The van der Waals surface area contributed by atoms with E-state index in [1.165, 1.54) is 37.7 Å². The smallest absolute Gasteiger partial charge is 0.0790 e. The van der Waals surface area contributed by atoms with Gasteiger partial charge >= 0.3 is 0 Å². The minimum absolute atomic E-state index is 0.285. The van der Waals surface area contributed by atoms with Gasteiger partial charge in [0.2, 0.25) is 0 Å². The van der Waals surface area contributed by atoms with E-state index in [1.807, 2.05) is 0 Å². The minimum atomic E-state index is -0.285. The third kappa shape index (κ3) is 5.78. The average molecular weight is 262 g/mol. The van der Waals surface area contributed by atoms with E-state index >= 15 is 0 Å². The molecule has 108 valence electrons. The zero-order valence-corrected chi connectivity index (χ0v) is 12.9. The topological polar surface area (TPSA) is 20.2 Å². The summed E-state index contributed by atoms with van der Waals surface area (Å²) < 4.78 is 0. The second-order valence-corrected chi connectivity index (χ2v) is 5.69. The Morgan fingerprint density at radius 3 is 2.05 bits per heavy atom. The molecule has 1 nitrogen and oxygen atoms in total. The Morgan fingerprint density at radius 2 is 1.47 bits per heavy atom. The van der Waals surface area contributed by atoms with E-state index in [4.69, 9.17) is 0 Å². The normalized spacial score (nSPS) is 14.3. The van der Waals surface area contributed by atoms with Crippen molar-refractivity contribution in [3.8, 4) is 0 Å². The van der Waals surface area contributed by atoms with Gasteiger partial charge in [-0.2, -0.15) is 0 Å². The molecule has 1 aromatic carbocycles. The van der Waals surface area contributed by atoms with Gasteiger partial charge in [-0.15, -0.1) is 0 Å². The Kier molecular flexibility index (Phi) is 7.81. The van der Waals surface area contributed by atoms with E-state index in [9.17, 15) is 5.11 Å². The van der Waals surface area contributed by atoms with Crippen LogP contribution in [0.25, 0.3) is 0 Å². The maximum Gasteiger partial charge on any atom is 0.0790 e. The molecule has 2 atom stereocenters. The van der Waals surface area contributed by atoms with Crippen molar-refractivity contribution < 1.29 is 5.11 Å². The lowest BCUT2D eigenvalue weighted by Crippen LogP contribution is -1.99. The molecule has 0 saturated heterocycles. The lowest BCUT2D eigenvalue weighted by Gasteiger charge is -2.13. The van der Waals surface area contributed by atoms with Crippen LogP contribution in [-0.4, -0.2) is 5.11 Å². The second kappa shape index (κ2) is 9.14. The van der Waals surface area contributed by atoms with Gasteiger partial charge in [0.1, 0.15) is 0 Å². The van der Waals surface area contributed by atoms with Crippen molar-refractivity contribution in [1.29, 1.82) is 0 Å². The number of rotatable bonds is 9. The van der Waals surface area contributed by atoms with Gasteiger partial charge in [-0.05, 0) is 29.9 Å². The number of hydrogen-bond acceptors (Lipinski definition) is 1. The summed E-state index contributed by atoms with van der Waals surface area (Å²) in [5.74, 6) is 0.611. The van der Waals surface area contributed by atoms with Gasteiger partial charge < -0.3 is 5.11 Å². The molecular weight excluding hydrogens is 232 g/mol. The summed E-state index contributed by atoms with van der Waals surface area (Å²) >= 11 is 0. The van der Waals surface area contributed by atoms with E-state index in [0.29, 0.717) is 5.92 Å². The largest absolute Gasteiger partial charge is 0.388 e. The lowest BCUT2D eigenvalue weighted by atomic mass is 9.95. The number of unbranched alkanes of at least 4 members (excludes halogenated alkanes) is 4. The highest BCUT2D eigenvalue weighted by Gasteiger charge is 2.08. The molecule has 1 aromatic rings. The maximum atomic E-state index is 10.2. The van der Waals surface area contributed by atoms with Crippen LogP contribution in [0.5, 0.6) is 0 Å². The van der Waals surface area contributed by atoms with Crippen LogP contribution >= 0.6 is 0 Å². The van der Waals surface area contributed by atoms with Crippen molar-refractivity contribution in [3.05, 3.63) is 35.4 Å². The van der Waals surface area contributed by atoms with Gasteiger partial charge in [0, 0.05) is 0 Å². The molecule has 0 amide bonds. The van der Waals surface area contributed by atoms with Crippen LogP contribution in [0.15, 0.2) is 24.3 Å². The van der Waals surface area contributed by atoms with E-state index < -0.39 is 0 Å². The molecule has 0 aliphatic heterocycles. The van der Waals surface area contributed by atoms with Crippen molar-refractivity contribution in [2.75, 3.05) is 0 Å². The molecule has 0 aliphatic rings. The van der Waals surface area contributed by atoms with Crippen LogP contribution < -0.4 is 0 Å². The van der Waals surface area contributed by atoms with Crippen molar-refractivity contribution in [2.45, 2.75) is 77.7 Å². The molecule has 1 rings (SSSR count). The molecule has 0 spiro atoms. The molecule has 19 heavy (non-hydrogen) atoms. The quantitative estimate of drug-likeness (QED) is 0.575. The fourth-order valence-electron chi connectivity index (χ4n) is 2.39. The molecule has 0 aliphatic carbocycles. The first-order valence-electron chi connectivity index (χ1n) is 7.96. The Morgan fingerprint density at radius 1 is 0.895 bits per heavy atom. The maximum absolute atomic E-state index is 10.2. The first kappa shape index (κ1) is 16.2. The summed E-state index contributed by atoms with van der Waals surface area (Å²) in [6, 6.07) is 8.53. The third-order valence-corrected chi connectivity index (χ3v) is 4.08. The van der Waals surface area contributed by atoms with E-state index in [-0.39, 0.29) is 6.10 Å². The number of benzene rings is 1. The minimum Gasteiger partial charge on any atom is -0.388 e. The Bertz CT molecular complexity index is 328. The van der Waals surface area contributed by atoms with Crippen LogP contribution in [0.2, 0.25) is 0 Å². The van der Waals surface area contributed by atoms with Crippen molar-refractivity contribution in [1.82, 2.24) is 0 Å². The molecule has 0 aromatic heterocycles. The van der Waals surface area contributed by atoms with Gasteiger partial charge in [0.25, 0.3) is 0 Å². The summed E-state index contributed by atoms with van der Waals surface area (Å²) in [5, 5.41) is 10.2. The summed E-state index contributed by atoms with van der Waals surface area (Å²) in [4.78, 5) is 0. The van der Waals surface area contributed by atoms with Gasteiger partial charge in [0.15, 0.2) is 0 Å². The molecule has 0 bridgehead atoms. The van der Waals surface area contributed by atoms with Gasteiger partial charge in [0.05, 0.1) is 6.10 Å². The molecular formula is C18H30O. The highest BCUT2D eigenvalue weighted by Crippen LogP contribution is 2.24. The van der Waals surface area contributed by atoms with Crippen molar-refractivity contribution >= 4 is 0 Å². The number of aliphatic hydroxyl groups excluding tert-OH is 1. The monoisotopic (exact) mass is 262 g/mol. The van der Waals surface area contributed by atoms with Crippen LogP contribution in [0.4, 0.5) is 0 Å². The first-order chi connectivity index (χ1) is 9.19. The van der Waals surface area contributed by atoms with E-state index in [1.54, 1.807) is 0 Å².